The second-order valence-corrected chi connectivity index (χ2v) is 5.85. The van der Waals surface area contributed by atoms with E-state index in [0.29, 0.717) is 0 Å². The van der Waals surface area contributed by atoms with Crippen molar-refractivity contribution in [1.29, 1.82) is 0 Å². The van der Waals surface area contributed by atoms with E-state index in [1.807, 2.05) is 0 Å². The third kappa shape index (κ3) is 2.91. The second-order valence-electron chi connectivity index (χ2n) is 5.85. The quantitative estimate of drug-likeness (QED) is 0.928. The number of amides is 2. The summed E-state index contributed by atoms with van der Waals surface area (Å²) in [6.07, 6.45) is 4.49. The molecule has 0 spiro atoms. The van der Waals surface area contributed by atoms with Crippen LogP contribution < -0.4 is 10.2 Å². The Kier molecular flexibility index (Phi) is 3.90. The van der Waals surface area contributed by atoms with E-state index < -0.39 is 5.82 Å². The summed E-state index contributed by atoms with van der Waals surface area (Å²) in [6.45, 7) is 0.262. The molecule has 0 aromatic heterocycles. The van der Waals surface area contributed by atoms with Gasteiger partial charge in [-0.05, 0) is 25.0 Å². The molecule has 4 nitrogen and oxygen atoms in total. The van der Waals surface area contributed by atoms with Crippen LogP contribution in [0.3, 0.4) is 0 Å². The predicted octanol–water partition coefficient (Wildman–Crippen LogP) is 2.24. The molecule has 1 atom stereocenters. The van der Waals surface area contributed by atoms with Gasteiger partial charge in [-0.15, -0.1) is 0 Å². The highest BCUT2D eigenvalue weighted by atomic mass is 19.1. The molecule has 112 valence electrons. The molecular formula is C16H19FN2O2. The maximum atomic E-state index is 13.8. The van der Waals surface area contributed by atoms with Crippen molar-refractivity contribution in [3.63, 3.8) is 0 Å². The van der Waals surface area contributed by atoms with Crippen molar-refractivity contribution in [1.82, 2.24) is 5.32 Å². The van der Waals surface area contributed by atoms with Gasteiger partial charge in [-0.25, -0.2) is 4.39 Å². The van der Waals surface area contributed by atoms with Gasteiger partial charge in [-0.3, -0.25) is 9.59 Å². The van der Waals surface area contributed by atoms with E-state index in [4.69, 9.17) is 0 Å². The Morgan fingerprint density at radius 1 is 1.24 bits per heavy atom. The van der Waals surface area contributed by atoms with E-state index >= 15 is 0 Å². The number of hydrogen-bond acceptors (Lipinski definition) is 2. The highest BCUT2D eigenvalue weighted by molar-refractivity contribution is 6.00. The molecule has 1 aromatic rings. The molecule has 0 bridgehead atoms. The summed E-state index contributed by atoms with van der Waals surface area (Å²) in [5, 5.41) is 3.02. The van der Waals surface area contributed by atoms with Crippen LogP contribution in [-0.4, -0.2) is 24.4 Å². The first-order chi connectivity index (χ1) is 10.1. The number of nitrogens with zero attached hydrogens (tertiary/aromatic N) is 1. The Hall–Kier alpha value is -1.91. The SMILES string of the molecule is O=C(NC1CCCC1)[C@H]1CC(=O)N(c2ccccc2F)C1. The monoisotopic (exact) mass is 290 g/mol. The van der Waals surface area contributed by atoms with Gasteiger partial charge in [-0.1, -0.05) is 25.0 Å². The molecule has 1 saturated carbocycles. The van der Waals surface area contributed by atoms with Gasteiger partial charge >= 0.3 is 0 Å². The average Bonchev–Trinajstić information content (AvgIpc) is 3.09. The van der Waals surface area contributed by atoms with E-state index in [-0.39, 0.29) is 42.4 Å². The topological polar surface area (TPSA) is 49.4 Å². The van der Waals surface area contributed by atoms with Crippen LogP contribution in [0, 0.1) is 11.7 Å². The van der Waals surface area contributed by atoms with Crippen LogP contribution in [-0.2, 0) is 9.59 Å². The number of anilines is 1. The van der Waals surface area contributed by atoms with Crippen LogP contribution in [0.1, 0.15) is 32.1 Å². The van der Waals surface area contributed by atoms with Crippen LogP contribution in [0.25, 0.3) is 0 Å². The summed E-state index contributed by atoms with van der Waals surface area (Å²) in [7, 11) is 0. The van der Waals surface area contributed by atoms with E-state index in [0.717, 1.165) is 25.7 Å². The number of carbonyl (C=O) groups is 2. The fourth-order valence-electron chi connectivity index (χ4n) is 3.18. The number of hydrogen-bond donors (Lipinski definition) is 1. The van der Waals surface area contributed by atoms with Gasteiger partial charge in [0.25, 0.3) is 0 Å². The maximum Gasteiger partial charge on any atom is 0.227 e. The highest BCUT2D eigenvalue weighted by Crippen LogP contribution is 2.28. The minimum absolute atomic E-state index is 0.0749. The Morgan fingerprint density at radius 2 is 1.95 bits per heavy atom. The molecule has 1 saturated heterocycles. The summed E-state index contributed by atoms with van der Waals surface area (Å²) in [4.78, 5) is 25.7. The molecule has 0 unspecified atom stereocenters. The van der Waals surface area contributed by atoms with Crippen molar-refractivity contribution in [2.75, 3.05) is 11.4 Å². The summed E-state index contributed by atoms with van der Waals surface area (Å²) in [5.41, 5.74) is 0.263. The molecule has 2 fully saturated rings. The second kappa shape index (κ2) is 5.84. The smallest absolute Gasteiger partial charge is 0.227 e. The van der Waals surface area contributed by atoms with E-state index in [1.165, 1.54) is 11.0 Å². The van der Waals surface area contributed by atoms with E-state index in [2.05, 4.69) is 5.32 Å². The van der Waals surface area contributed by atoms with Crippen molar-refractivity contribution in [2.24, 2.45) is 5.92 Å². The number of benzene rings is 1. The number of halogens is 1. The summed E-state index contributed by atoms with van der Waals surface area (Å²) in [6, 6.07) is 6.43. The van der Waals surface area contributed by atoms with Crippen LogP contribution in [0.4, 0.5) is 10.1 Å². The lowest BCUT2D eigenvalue weighted by molar-refractivity contribution is -0.126. The summed E-state index contributed by atoms with van der Waals surface area (Å²) in [5.74, 6) is -1.07. The lowest BCUT2D eigenvalue weighted by Gasteiger charge is -2.18. The van der Waals surface area contributed by atoms with Crippen molar-refractivity contribution in [3.05, 3.63) is 30.1 Å². The standard InChI is InChI=1S/C16H19FN2O2/c17-13-7-3-4-8-14(13)19-10-11(9-15(19)20)16(21)18-12-5-1-2-6-12/h3-4,7-8,11-12H,1-2,5-6,9-10H2,(H,18,21)/t11-/m0/s1. The number of nitrogens with one attached hydrogen (secondary N) is 1. The van der Waals surface area contributed by atoms with Gasteiger partial charge in [0.2, 0.25) is 11.8 Å². The zero-order valence-corrected chi connectivity index (χ0v) is 11.8. The molecule has 1 N–H and O–H groups in total. The van der Waals surface area contributed by atoms with E-state index in [1.54, 1.807) is 18.2 Å². The third-order valence-corrected chi connectivity index (χ3v) is 4.34. The first-order valence-corrected chi connectivity index (χ1v) is 7.50. The van der Waals surface area contributed by atoms with Crippen molar-refractivity contribution in [2.45, 2.75) is 38.1 Å². The Bertz CT molecular complexity index is 555. The Balaban J connectivity index is 1.67. The first-order valence-electron chi connectivity index (χ1n) is 7.50. The Morgan fingerprint density at radius 3 is 2.67 bits per heavy atom. The molecule has 3 rings (SSSR count). The number of para-hydroxylation sites is 1. The van der Waals surface area contributed by atoms with Crippen LogP contribution in [0.5, 0.6) is 0 Å². The third-order valence-electron chi connectivity index (χ3n) is 4.34. The lowest BCUT2D eigenvalue weighted by atomic mass is 10.1. The van der Waals surface area contributed by atoms with Gasteiger partial charge < -0.3 is 10.2 Å². The maximum absolute atomic E-state index is 13.8. The van der Waals surface area contributed by atoms with Crippen molar-refractivity contribution in [3.8, 4) is 0 Å². The minimum Gasteiger partial charge on any atom is -0.353 e. The van der Waals surface area contributed by atoms with E-state index in [9.17, 15) is 14.0 Å². The summed E-state index contributed by atoms with van der Waals surface area (Å²) >= 11 is 0. The Labute approximate surface area is 123 Å². The predicted molar refractivity (Wildman–Crippen MR) is 77.3 cm³/mol. The molecule has 1 aliphatic heterocycles. The zero-order chi connectivity index (χ0) is 14.8. The molecule has 1 aliphatic carbocycles. The normalized spacial score (nSPS) is 22.8. The molecule has 2 aliphatic rings. The molecule has 1 aromatic carbocycles. The van der Waals surface area contributed by atoms with Crippen LogP contribution in [0.15, 0.2) is 24.3 Å². The number of rotatable bonds is 3. The molecule has 2 amide bonds. The molecule has 0 radical (unpaired) electrons. The largest absolute Gasteiger partial charge is 0.353 e. The summed E-state index contributed by atoms with van der Waals surface area (Å²) < 4.78 is 13.8. The zero-order valence-electron chi connectivity index (χ0n) is 11.8. The van der Waals surface area contributed by atoms with Crippen LogP contribution in [0.2, 0.25) is 0 Å². The van der Waals surface area contributed by atoms with Gasteiger partial charge in [0.15, 0.2) is 0 Å². The van der Waals surface area contributed by atoms with Gasteiger partial charge in [-0.2, -0.15) is 0 Å². The first kappa shape index (κ1) is 14.0. The van der Waals surface area contributed by atoms with Crippen molar-refractivity contribution < 1.29 is 14.0 Å². The highest BCUT2D eigenvalue weighted by Gasteiger charge is 2.36. The number of carbonyl (C=O) groups excluding carboxylic acids is 2. The molecule has 5 heteroatoms. The van der Waals surface area contributed by atoms with Crippen LogP contribution >= 0.6 is 0 Å². The fraction of sp³-hybridized carbons (Fsp3) is 0.500. The average molecular weight is 290 g/mol. The minimum atomic E-state index is -0.428. The van der Waals surface area contributed by atoms with Gasteiger partial charge in [0, 0.05) is 19.0 Å². The lowest BCUT2D eigenvalue weighted by Crippen LogP contribution is -2.38. The fourth-order valence-corrected chi connectivity index (χ4v) is 3.18. The molecule has 1 heterocycles. The molecule has 21 heavy (non-hydrogen) atoms. The van der Waals surface area contributed by atoms with Gasteiger partial charge in [0.1, 0.15) is 5.82 Å². The van der Waals surface area contributed by atoms with Crippen molar-refractivity contribution >= 4 is 17.5 Å². The molecular weight excluding hydrogens is 271 g/mol. The van der Waals surface area contributed by atoms with Gasteiger partial charge in [0.05, 0.1) is 11.6 Å².